The molecule has 0 spiro atoms. The maximum absolute atomic E-state index is 2.29. The summed E-state index contributed by atoms with van der Waals surface area (Å²) in [5, 5.41) is 0. The van der Waals surface area contributed by atoms with E-state index in [0.29, 0.717) is 0 Å². The monoisotopic (exact) mass is 206 g/mol. The molecule has 0 heterocycles. The van der Waals surface area contributed by atoms with Crippen LogP contribution in [0, 0.1) is 6.92 Å². The van der Waals surface area contributed by atoms with Crippen molar-refractivity contribution in [3.63, 3.8) is 0 Å². The minimum Gasteiger partial charge on any atom is -0.0889 e. The summed E-state index contributed by atoms with van der Waals surface area (Å²) < 4.78 is 0. The quantitative estimate of drug-likeness (QED) is 0.611. The Hall–Kier alpha value is -1.43. The van der Waals surface area contributed by atoms with Crippen LogP contribution in [0.4, 0.5) is 0 Å². The van der Waals surface area contributed by atoms with E-state index in [-0.39, 0.29) is 0 Å². The third-order valence-corrected chi connectivity index (χ3v) is 3.10. The summed E-state index contributed by atoms with van der Waals surface area (Å²) >= 11 is 0. The fraction of sp³-hybridized carbons (Fsp3) is 0.143. The number of aryl methyl sites for hydroxylation is 1. The molecule has 0 N–H and O–H groups in total. The van der Waals surface area contributed by atoms with Gasteiger partial charge in [-0.1, -0.05) is 59.0 Å². The highest BCUT2D eigenvalue weighted by Crippen LogP contribution is 2.08. The maximum atomic E-state index is 2.29. The number of hydrogen-bond donors (Lipinski definition) is 0. The summed E-state index contributed by atoms with van der Waals surface area (Å²) in [5.74, 6) is 0. The van der Waals surface area contributed by atoms with Crippen molar-refractivity contribution in [2.75, 3.05) is 0 Å². The molecule has 16 heavy (non-hydrogen) atoms. The highest BCUT2D eigenvalue weighted by atomic mass is 14.0. The van der Waals surface area contributed by atoms with Gasteiger partial charge in [0.15, 0.2) is 0 Å². The SMILES string of the molecule is Bc1ccc(Cc2ccc(C)c(B)c2)cc1. The molecule has 2 aromatic rings. The molecule has 0 fully saturated rings. The van der Waals surface area contributed by atoms with E-state index in [1.165, 1.54) is 27.6 Å². The molecular weight excluding hydrogens is 190 g/mol. The van der Waals surface area contributed by atoms with Crippen molar-refractivity contribution in [2.24, 2.45) is 0 Å². The van der Waals surface area contributed by atoms with Crippen molar-refractivity contribution in [2.45, 2.75) is 13.3 Å². The van der Waals surface area contributed by atoms with Gasteiger partial charge in [0.25, 0.3) is 0 Å². The smallest absolute Gasteiger partial charge is 0.0889 e. The highest BCUT2D eigenvalue weighted by Gasteiger charge is 1.98. The summed E-state index contributed by atoms with van der Waals surface area (Å²) in [6, 6.07) is 15.5. The number of hydrogen-bond acceptors (Lipinski definition) is 0. The topological polar surface area (TPSA) is 0 Å². The maximum Gasteiger partial charge on any atom is 0.139 e. The number of rotatable bonds is 2. The van der Waals surface area contributed by atoms with E-state index in [4.69, 9.17) is 0 Å². The Morgan fingerprint density at radius 3 is 2.12 bits per heavy atom. The van der Waals surface area contributed by atoms with Crippen molar-refractivity contribution in [1.29, 1.82) is 0 Å². The fourth-order valence-electron chi connectivity index (χ4n) is 1.86. The third kappa shape index (κ3) is 2.57. The summed E-state index contributed by atoms with van der Waals surface area (Å²) in [6.45, 7) is 2.16. The molecule has 0 aliphatic heterocycles. The zero-order chi connectivity index (χ0) is 11.5. The molecule has 0 saturated carbocycles. The Morgan fingerprint density at radius 1 is 0.875 bits per heavy atom. The van der Waals surface area contributed by atoms with Crippen LogP contribution in [-0.4, -0.2) is 15.7 Å². The molecule has 0 nitrogen and oxygen atoms in total. The van der Waals surface area contributed by atoms with Crippen LogP contribution in [0.1, 0.15) is 16.7 Å². The lowest BCUT2D eigenvalue weighted by molar-refractivity contribution is 1.19. The lowest BCUT2D eigenvalue weighted by atomic mass is 9.88. The van der Waals surface area contributed by atoms with Gasteiger partial charge in [0.1, 0.15) is 15.7 Å². The Bertz CT molecular complexity index is 487. The molecule has 0 aromatic heterocycles. The van der Waals surface area contributed by atoms with Crippen LogP contribution in [0.25, 0.3) is 0 Å². The van der Waals surface area contributed by atoms with Crippen LogP contribution >= 0.6 is 0 Å². The van der Waals surface area contributed by atoms with E-state index in [0.717, 1.165) is 6.42 Å². The van der Waals surface area contributed by atoms with Crippen molar-refractivity contribution < 1.29 is 0 Å². The van der Waals surface area contributed by atoms with E-state index in [9.17, 15) is 0 Å². The molecule has 0 saturated heterocycles. The first-order valence-corrected chi connectivity index (χ1v) is 5.77. The van der Waals surface area contributed by atoms with Gasteiger partial charge in [-0.2, -0.15) is 0 Å². The first kappa shape index (κ1) is 11.1. The zero-order valence-electron chi connectivity index (χ0n) is 10.2. The van der Waals surface area contributed by atoms with Crippen LogP contribution in [0.5, 0.6) is 0 Å². The van der Waals surface area contributed by atoms with Crippen LogP contribution in [0.2, 0.25) is 0 Å². The van der Waals surface area contributed by atoms with E-state index in [2.05, 4.69) is 65.1 Å². The Balaban J connectivity index is 2.20. The van der Waals surface area contributed by atoms with Crippen molar-refractivity contribution in [3.8, 4) is 0 Å². The predicted octanol–water partition coefficient (Wildman–Crippen LogP) is 0.103. The van der Waals surface area contributed by atoms with Crippen LogP contribution in [0.15, 0.2) is 42.5 Å². The van der Waals surface area contributed by atoms with E-state index in [1.807, 2.05) is 0 Å². The van der Waals surface area contributed by atoms with E-state index < -0.39 is 0 Å². The van der Waals surface area contributed by atoms with Crippen molar-refractivity contribution >= 4 is 26.6 Å². The third-order valence-electron chi connectivity index (χ3n) is 3.10. The summed E-state index contributed by atoms with van der Waals surface area (Å²) in [5.41, 5.74) is 6.85. The Morgan fingerprint density at radius 2 is 1.50 bits per heavy atom. The van der Waals surface area contributed by atoms with Crippen molar-refractivity contribution in [3.05, 3.63) is 59.2 Å². The first-order chi connectivity index (χ1) is 7.65. The van der Waals surface area contributed by atoms with Gasteiger partial charge in [0, 0.05) is 0 Å². The van der Waals surface area contributed by atoms with Gasteiger partial charge in [-0.3, -0.25) is 0 Å². The van der Waals surface area contributed by atoms with Gasteiger partial charge in [0.2, 0.25) is 0 Å². The molecule has 0 unspecified atom stereocenters. The molecular formula is C14H16B2. The second-order valence-electron chi connectivity index (χ2n) is 4.58. The molecule has 2 aromatic carbocycles. The van der Waals surface area contributed by atoms with Gasteiger partial charge in [-0.15, -0.1) is 0 Å². The minimum absolute atomic E-state index is 1.03. The molecule has 78 valence electrons. The lowest BCUT2D eigenvalue weighted by Crippen LogP contribution is -2.08. The molecule has 2 heteroatoms. The molecule has 0 aliphatic rings. The van der Waals surface area contributed by atoms with Crippen LogP contribution in [-0.2, 0) is 6.42 Å². The van der Waals surface area contributed by atoms with E-state index >= 15 is 0 Å². The molecule has 2 rings (SSSR count). The number of benzene rings is 2. The van der Waals surface area contributed by atoms with E-state index in [1.54, 1.807) is 0 Å². The molecule has 0 radical (unpaired) electrons. The second kappa shape index (κ2) is 4.61. The predicted molar refractivity (Wildman–Crippen MR) is 76.8 cm³/mol. The summed E-state index contributed by atoms with van der Waals surface area (Å²) in [6.07, 6.45) is 1.03. The van der Waals surface area contributed by atoms with Gasteiger partial charge in [-0.25, -0.2) is 0 Å². The van der Waals surface area contributed by atoms with Crippen LogP contribution in [0.3, 0.4) is 0 Å². The standard InChI is InChI=1S/C14H16B2/c1-10-2-3-12(9-14(10)16)8-11-4-6-13(15)7-5-11/h2-7,9H,8,15-16H2,1H3. The molecule has 0 atom stereocenters. The van der Waals surface area contributed by atoms with Crippen molar-refractivity contribution in [1.82, 2.24) is 0 Å². The van der Waals surface area contributed by atoms with Gasteiger partial charge in [-0.05, 0) is 24.5 Å². The lowest BCUT2D eigenvalue weighted by Gasteiger charge is -2.06. The average Bonchev–Trinajstić information content (AvgIpc) is 2.27. The Labute approximate surface area is 99.5 Å². The van der Waals surface area contributed by atoms with Gasteiger partial charge >= 0.3 is 0 Å². The average molecular weight is 206 g/mol. The highest BCUT2D eigenvalue weighted by molar-refractivity contribution is 6.33. The Kier molecular flexibility index (Phi) is 3.19. The van der Waals surface area contributed by atoms with Crippen LogP contribution < -0.4 is 10.9 Å². The zero-order valence-corrected chi connectivity index (χ0v) is 10.2. The summed E-state index contributed by atoms with van der Waals surface area (Å²) in [4.78, 5) is 0. The first-order valence-electron chi connectivity index (χ1n) is 5.77. The molecule has 0 aliphatic carbocycles. The minimum atomic E-state index is 1.03. The molecule has 0 amide bonds. The summed E-state index contributed by atoms with van der Waals surface area (Å²) in [7, 11) is 4.30. The second-order valence-corrected chi connectivity index (χ2v) is 4.58. The van der Waals surface area contributed by atoms with Gasteiger partial charge in [0.05, 0.1) is 0 Å². The normalized spacial score (nSPS) is 10.3. The molecule has 0 bridgehead atoms. The van der Waals surface area contributed by atoms with Gasteiger partial charge < -0.3 is 0 Å². The fourth-order valence-corrected chi connectivity index (χ4v) is 1.86. The largest absolute Gasteiger partial charge is 0.139 e.